The van der Waals surface area contributed by atoms with Gasteiger partial charge in [-0.2, -0.15) is 5.10 Å². The third-order valence-corrected chi connectivity index (χ3v) is 2.39. The Labute approximate surface area is 99.0 Å². The van der Waals surface area contributed by atoms with Crippen molar-refractivity contribution in [1.29, 1.82) is 0 Å². The molecule has 0 saturated heterocycles. The van der Waals surface area contributed by atoms with Crippen LogP contribution in [0.2, 0.25) is 0 Å². The fraction of sp³-hybridized carbons (Fsp3) is 0.167. The van der Waals surface area contributed by atoms with Crippen molar-refractivity contribution >= 4 is 17.3 Å². The Kier molecular flexibility index (Phi) is 3.09. The summed E-state index contributed by atoms with van der Waals surface area (Å²) in [5, 5.41) is 9.30. The first-order valence-corrected chi connectivity index (χ1v) is 5.29. The molecule has 0 radical (unpaired) electrons. The van der Waals surface area contributed by atoms with Crippen molar-refractivity contribution in [3.8, 4) is 0 Å². The van der Waals surface area contributed by atoms with Gasteiger partial charge in [-0.05, 0) is 30.7 Å². The maximum absolute atomic E-state index is 11.7. The van der Waals surface area contributed by atoms with Crippen LogP contribution < -0.4 is 11.1 Å². The molecule has 2 rings (SSSR count). The number of nitrogens with one attached hydrogen (secondary N) is 2. The second kappa shape index (κ2) is 4.69. The normalized spacial score (nSPS) is 10.2. The quantitative estimate of drug-likeness (QED) is 0.698. The summed E-state index contributed by atoms with van der Waals surface area (Å²) in [5.41, 5.74) is 8.81. The summed E-state index contributed by atoms with van der Waals surface area (Å²) in [7, 11) is 0. The van der Waals surface area contributed by atoms with Gasteiger partial charge in [0.1, 0.15) is 0 Å². The van der Waals surface area contributed by atoms with Gasteiger partial charge < -0.3 is 11.1 Å². The number of aromatic amines is 1. The summed E-state index contributed by atoms with van der Waals surface area (Å²) in [5.74, 6) is -0.119. The van der Waals surface area contributed by atoms with E-state index in [4.69, 9.17) is 5.73 Å². The fourth-order valence-electron chi connectivity index (χ4n) is 1.53. The highest BCUT2D eigenvalue weighted by atomic mass is 16.1. The lowest BCUT2D eigenvalue weighted by molar-refractivity contribution is -0.115. The van der Waals surface area contributed by atoms with Gasteiger partial charge in [0.2, 0.25) is 5.91 Å². The molecule has 0 fully saturated rings. The van der Waals surface area contributed by atoms with Gasteiger partial charge in [-0.1, -0.05) is 6.07 Å². The van der Waals surface area contributed by atoms with E-state index in [1.807, 2.05) is 19.1 Å². The molecule has 1 aromatic heterocycles. The molecule has 0 aliphatic carbocycles. The molecule has 0 unspecified atom stereocenters. The summed E-state index contributed by atoms with van der Waals surface area (Å²) >= 11 is 0. The van der Waals surface area contributed by atoms with E-state index in [0.29, 0.717) is 11.4 Å². The lowest BCUT2D eigenvalue weighted by Gasteiger charge is -2.08. The average molecular weight is 230 g/mol. The van der Waals surface area contributed by atoms with Crippen molar-refractivity contribution in [3.05, 3.63) is 41.7 Å². The predicted molar refractivity (Wildman–Crippen MR) is 66.5 cm³/mol. The number of benzene rings is 1. The fourth-order valence-corrected chi connectivity index (χ4v) is 1.53. The summed E-state index contributed by atoms with van der Waals surface area (Å²) in [6, 6.07) is 7.29. The van der Waals surface area contributed by atoms with E-state index in [1.54, 1.807) is 18.3 Å². The molecule has 0 spiro atoms. The minimum atomic E-state index is -0.119. The van der Waals surface area contributed by atoms with E-state index >= 15 is 0 Å². The maximum atomic E-state index is 11.7. The Morgan fingerprint density at radius 2 is 2.29 bits per heavy atom. The topological polar surface area (TPSA) is 83.8 Å². The van der Waals surface area contributed by atoms with Gasteiger partial charge in [0, 0.05) is 11.9 Å². The second-order valence-electron chi connectivity index (χ2n) is 3.90. The lowest BCUT2D eigenvalue weighted by atomic mass is 10.2. The molecular formula is C12H14N4O. The number of hydrogen-bond donors (Lipinski definition) is 3. The first-order chi connectivity index (χ1) is 8.15. The van der Waals surface area contributed by atoms with E-state index in [0.717, 1.165) is 11.3 Å². The minimum absolute atomic E-state index is 0.119. The van der Waals surface area contributed by atoms with Crippen molar-refractivity contribution in [2.24, 2.45) is 0 Å². The van der Waals surface area contributed by atoms with Crippen molar-refractivity contribution in [1.82, 2.24) is 10.2 Å². The smallest absolute Gasteiger partial charge is 0.230 e. The van der Waals surface area contributed by atoms with E-state index in [2.05, 4.69) is 15.5 Å². The van der Waals surface area contributed by atoms with Crippen LogP contribution in [0.5, 0.6) is 0 Å². The van der Waals surface area contributed by atoms with E-state index < -0.39 is 0 Å². The van der Waals surface area contributed by atoms with E-state index in [9.17, 15) is 4.79 Å². The number of carbonyl (C=O) groups is 1. The molecule has 0 aliphatic heterocycles. The molecule has 17 heavy (non-hydrogen) atoms. The summed E-state index contributed by atoms with van der Waals surface area (Å²) in [4.78, 5) is 11.7. The summed E-state index contributed by atoms with van der Waals surface area (Å²) in [6.45, 7) is 1.95. The molecule has 1 amide bonds. The predicted octanol–water partition coefficient (Wildman–Crippen LogP) is 1.48. The number of aryl methyl sites for hydroxylation is 1. The second-order valence-corrected chi connectivity index (χ2v) is 3.90. The van der Waals surface area contributed by atoms with Gasteiger partial charge in [-0.15, -0.1) is 0 Å². The van der Waals surface area contributed by atoms with Crippen LogP contribution in [-0.2, 0) is 11.2 Å². The van der Waals surface area contributed by atoms with Crippen LogP contribution in [0.3, 0.4) is 0 Å². The number of aromatic nitrogens is 2. The summed E-state index contributed by atoms with van der Waals surface area (Å²) in [6.07, 6.45) is 1.87. The Bertz CT molecular complexity index is 519. The van der Waals surface area contributed by atoms with Gasteiger partial charge in [-0.3, -0.25) is 9.89 Å². The Hall–Kier alpha value is -2.30. The van der Waals surface area contributed by atoms with Crippen LogP contribution in [-0.4, -0.2) is 16.1 Å². The zero-order valence-corrected chi connectivity index (χ0v) is 9.53. The number of carbonyl (C=O) groups excluding carboxylic acids is 1. The lowest BCUT2D eigenvalue weighted by Crippen LogP contribution is -2.15. The molecule has 2 aromatic rings. The van der Waals surface area contributed by atoms with Crippen molar-refractivity contribution < 1.29 is 4.79 Å². The van der Waals surface area contributed by atoms with Crippen LogP contribution in [0.15, 0.2) is 30.5 Å². The average Bonchev–Trinajstić information content (AvgIpc) is 2.76. The highest BCUT2D eigenvalue weighted by molar-refractivity contribution is 5.94. The van der Waals surface area contributed by atoms with Crippen LogP contribution in [0.4, 0.5) is 11.4 Å². The first kappa shape index (κ1) is 11.2. The van der Waals surface area contributed by atoms with Crippen LogP contribution in [0.1, 0.15) is 11.3 Å². The molecule has 5 heteroatoms. The van der Waals surface area contributed by atoms with Gasteiger partial charge in [-0.25, -0.2) is 0 Å². The highest BCUT2D eigenvalue weighted by Crippen LogP contribution is 2.19. The number of nitrogen functional groups attached to an aromatic ring is 1. The number of H-pyrrole nitrogens is 1. The van der Waals surface area contributed by atoms with Crippen molar-refractivity contribution in [2.45, 2.75) is 13.3 Å². The van der Waals surface area contributed by atoms with Gasteiger partial charge >= 0.3 is 0 Å². The number of hydrogen-bond acceptors (Lipinski definition) is 3. The van der Waals surface area contributed by atoms with Gasteiger partial charge in [0.25, 0.3) is 0 Å². The van der Waals surface area contributed by atoms with Crippen molar-refractivity contribution in [3.63, 3.8) is 0 Å². The monoisotopic (exact) mass is 230 g/mol. The number of anilines is 2. The molecule has 0 bridgehead atoms. The molecular weight excluding hydrogens is 216 g/mol. The number of nitrogens with zero attached hydrogens (tertiary/aromatic N) is 1. The molecule has 5 nitrogen and oxygen atoms in total. The van der Waals surface area contributed by atoms with Crippen LogP contribution >= 0.6 is 0 Å². The molecule has 88 valence electrons. The first-order valence-electron chi connectivity index (χ1n) is 5.29. The standard InChI is InChI=1S/C12H14N4O/c1-8-2-3-10(13)11(6-8)15-12(17)7-9-4-5-14-16-9/h2-6H,7,13H2,1H3,(H,14,16)(H,15,17). The Morgan fingerprint density at radius 3 is 3.00 bits per heavy atom. The van der Waals surface area contributed by atoms with Crippen LogP contribution in [0.25, 0.3) is 0 Å². The van der Waals surface area contributed by atoms with Crippen molar-refractivity contribution in [2.75, 3.05) is 11.1 Å². The Morgan fingerprint density at radius 1 is 1.47 bits per heavy atom. The number of amides is 1. The summed E-state index contributed by atoms with van der Waals surface area (Å²) < 4.78 is 0. The Balaban J connectivity index is 2.05. The maximum Gasteiger partial charge on any atom is 0.230 e. The molecule has 1 heterocycles. The van der Waals surface area contributed by atoms with Crippen LogP contribution in [0, 0.1) is 6.92 Å². The molecule has 0 aliphatic rings. The number of rotatable bonds is 3. The highest BCUT2D eigenvalue weighted by Gasteiger charge is 2.07. The van der Waals surface area contributed by atoms with Gasteiger partial charge in [0.05, 0.1) is 17.8 Å². The molecule has 4 N–H and O–H groups in total. The largest absolute Gasteiger partial charge is 0.397 e. The van der Waals surface area contributed by atoms with Gasteiger partial charge in [0.15, 0.2) is 0 Å². The SMILES string of the molecule is Cc1ccc(N)c(NC(=O)Cc2ccn[nH]2)c1. The zero-order valence-electron chi connectivity index (χ0n) is 9.53. The third kappa shape index (κ3) is 2.84. The molecule has 0 atom stereocenters. The number of nitrogens with two attached hydrogens (primary N) is 1. The zero-order chi connectivity index (χ0) is 12.3. The molecule has 0 saturated carbocycles. The molecule has 1 aromatic carbocycles. The minimum Gasteiger partial charge on any atom is -0.397 e. The van der Waals surface area contributed by atoms with E-state index in [-0.39, 0.29) is 12.3 Å². The third-order valence-electron chi connectivity index (χ3n) is 2.39. The van der Waals surface area contributed by atoms with E-state index in [1.165, 1.54) is 0 Å².